The Balaban J connectivity index is 2.89. The molecule has 0 spiro atoms. The van der Waals surface area contributed by atoms with Gasteiger partial charge in [0.15, 0.2) is 0 Å². The fourth-order valence-corrected chi connectivity index (χ4v) is 6.71. The summed E-state index contributed by atoms with van der Waals surface area (Å²) in [5.41, 5.74) is 0. The first-order valence-electron chi connectivity index (χ1n) is 3.60. The van der Waals surface area contributed by atoms with Gasteiger partial charge in [-0.1, -0.05) is 0 Å². The molecule has 0 saturated heterocycles. The zero-order valence-corrected chi connectivity index (χ0v) is 10.8. The third-order valence-electron chi connectivity index (χ3n) is 1.46. The maximum absolute atomic E-state index is 8.79. The second-order valence-corrected chi connectivity index (χ2v) is 18.8. The first kappa shape index (κ1) is 9.48. The molecule has 0 radical (unpaired) electrons. The Kier molecular flexibility index (Phi) is 2.94. The van der Waals surface area contributed by atoms with Crippen molar-refractivity contribution in [2.45, 2.75) is 21.4 Å². The fraction of sp³-hybridized carbons (Fsp3) is 0.571. The van der Waals surface area contributed by atoms with Crippen molar-refractivity contribution in [3.8, 4) is 0 Å². The average Bonchev–Trinajstić information content (AvgIpc) is 2.32. The summed E-state index contributed by atoms with van der Waals surface area (Å²) in [5, 5.41) is 11.7. The number of aromatic nitrogens is 1. The number of rotatable bonds is 2. The van der Waals surface area contributed by atoms with Crippen molar-refractivity contribution in [2.24, 2.45) is 0 Å². The molecule has 1 N–H and O–H groups in total. The summed E-state index contributed by atoms with van der Waals surface area (Å²) < 4.78 is 1.27. The summed E-state index contributed by atoms with van der Waals surface area (Å²) >= 11 is -0.360. The normalized spacial score (nSPS) is 12.0. The maximum atomic E-state index is 8.79. The number of aliphatic hydroxyl groups excluding tert-OH is 1. The summed E-state index contributed by atoms with van der Waals surface area (Å²) in [6, 6.07) is 0. The van der Waals surface area contributed by atoms with Gasteiger partial charge in [0.25, 0.3) is 0 Å². The molecule has 0 aromatic carbocycles. The van der Waals surface area contributed by atoms with Gasteiger partial charge in [0.05, 0.1) is 0 Å². The van der Waals surface area contributed by atoms with Crippen LogP contribution in [0.2, 0.25) is 14.8 Å². The fourth-order valence-electron chi connectivity index (χ4n) is 0.728. The zero-order valence-electron chi connectivity index (χ0n) is 7.09. The Morgan fingerprint density at radius 2 is 2.18 bits per heavy atom. The Hall–Kier alpha value is 0.389. The molecule has 4 heteroatoms. The number of aliphatic hydroxyl groups is 1. The van der Waals surface area contributed by atoms with Crippen LogP contribution in [0.1, 0.15) is 5.01 Å². The van der Waals surface area contributed by atoms with Crippen LogP contribution in [0.25, 0.3) is 0 Å². The molecule has 0 fully saturated rings. The second kappa shape index (κ2) is 3.41. The molecule has 2 nitrogen and oxygen atoms in total. The summed E-state index contributed by atoms with van der Waals surface area (Å²) in [7, 11) is 0. The first-order chi connectivity index (χ1) is 5.04. The van der Waals surface area contributed by atoms with Gasteiger partial charge in [-0.3, -0.25) is 0 Å². The molecule has 11 heavy (non-hydrogen) atoms. The monoisotopic (exact) mass is 279 g/mol. The molecule has 1 rings (SSSR count). The van der Waals surface area contributed by atoms with Crippen molar-refractivity contribution in [3.05, 3.63) is 10.4 Å². The first-order valence-corrected chi connectivity index (χ1v) is 14.5. The van der Waals surface area contributed by atoms with Crippen LogP contribution in [0.15, 0.2) is 5.38 Å². The Bertz CT molecular complexity index is 241. The van der Waals surface area contributed by atoms with Crippen LogP contribution in [0.3, 0.4) is 0 Å². The van der Waals surface area contributed by atoms with Gasteiger partial charge in [-0.25, -0.2) is 0 Å². The van der Waals surface area contributed by atoms with Crippen molar-refractivity contribution in [3.63, 3.8) is 0 Å². The average molecular weight is 278 g/mol. The molecule has 0 amide bonds. The van der Waals surface area contributed by atoms with Gasteiger partial charge in [-0.15, -0.1) is 0 Å². The molecule has 1 heterocycles. The van der Waals surface area contributed by atoms with Crippen molar-refractivity contribution < 1.29 is 5.11 Å². The Morgan fingerprint density at radius 3 is 2.45 bits per heavy atom. The standard InChI is InChI=1S/C4H4NOS.3CH3.Sn/c6-3-4-5-1-2-7-4;;;;/h2,6H,3H2;3*1H3;. The van der Waals surface area contributed by atoms with E-state index in [1.54, 1.807) is 11.3 Å². The Morgan fingerprint density at radius 1 is 1.55 bits per heavy atom. The van der Waals surface area contributed by atoms with Gasteiger partial charge in [-0.2, -0.15) is 0 Å². The van der Waals surface area contributed by atoms with E-state index < -0.39 is 18.4 Å². The van der Waals surface area contributed by atoms with Crippen molar-refractivity contribution in [2.75, 3.05) is 0 Å². The predicted molar refractivity (Wildman–Crippen MR) is 51.0 cm³/mol. The van der Waals surface area contributed by atoms with Gasteiger partial charge >= 0.3 is 75.3 Å². The molecule has 0 aliphatic carbocycles. The van der Waals surface area contributed by atoms with Gasteiger partial charge in [-0.05, 0) is 0 Å². The van der Waals surface area contributed by atoms with E-state index in [0.29, 0.717) is 0 Å². The van der Waals surface area contributed by atoms with E-state index in [1.165, 1.54) is 3.71 Å². The number of thiazole rings is 1. The van der Waals surface area contributed by atoms with Gasteiger partial charge < -0.3 is 0 Å². The second-order valence-electron chi connectivity index (χ2n) is 3.53. The number of hydrogen-bond donors (Lipinski definition) is 1. The van der Waals surface area contributed by atoms with E-state index in [4.69, 9.17) is 5.11 Å². The molecule has 0 aliphatic rings. The third kappa shape index (κ3) is 2.42. The molecule has 0 saturated carbocycles. The van der Waals surface area contributed by atoms with Crippen LogP contribution in [-0.4, -0.2) is 28.5 Å². The van der Waals surface area contributed by atoms with E-state index >= 15 is 0 Å². The molecule has 62 valence electrons. The summed E-state index contributed by atoms with van der Waals surface area (Å²) in [6.07, 6.45) is 0. The molecule has 1 aromatic heterocycles. The van der Waals surface area contributed by atoms with Crippen LogP contribution in [0, 0.1) is 0 Å². The van der Waals surface area contributed by atoms with Crippen LogP contribution in [-0.2, 0) is 6.61 Å². The molecule has 0 bridgehead atoms. The van der Waals surface area contributed by atoms with Crippen molar-refractivity contribution in [1.29, 1.82) is 0 Å². The topological polar surface area (TPSA) is 33.1 Å². The van der Waals surface area contributed by atoms with Crippen LogP contribution in [0.5, 0.6) is 0 Å². The minimum absolute atomic E-state index is 0.0899. The molecule has 0 aliphatic heterocycles. The van der Waals surface area contributed by atoms with E-state index in [2.05, 4.69) is 25.2 Å². The summed E-state index contributed by atoms with van der Waals surface area (Å²) in [6.45, 7) is 0.0899. The minimum atomic E-state index is -1.93. The molecule has 0 unspecified atom stereocenters. The summed E-state index contributed by atoms with van der Waals surface area (Å²) in [4.78, 5) is 11.3. The molecular formula is C7H13NOSSn. The van der Waals surface area contributed by atoms with Crippen molar-refractivity contribution >= 4 is 33.4 Å². The van der Waals surface area contributed by atoms with E-state index in [0.717, 1.165) is 5.01 Å². The van der Waals surface area contributed by atoms with E-state index in [9.17, 15) is 0 Å². The van der Waals surface area contributed by atoms with Gasteiger partial charge in [0, 0.05) is 0 Å². The number of nitrogens with zero attached hydrogens (tertiary/aromatic N) is 1. The van der Waals surface area contributed by atoms with E-state index in [-0.39, 0.29) is 6.61 Å². The van der Waals surface area contributed by atoms with Gasteiger partial charge in [0.1, 0.15) is 0 Å². The van der Waals surface area contributed by atoms with E-state index in [1.807, 2.05) is 0 Å². The zero-order chi connectivity index (χ0) is 8.48. The third-order valence-corrected chi connectivity index (χ3v) is 8.00. The molecule has 1 aromatic rings. The van der Waals surface area contributed by atoms with Gasteiger partial charge in [0.2, 0.25) is 0 Å². The molecular weight excluding hydrogens is 265 g/mol. The van der Waals surface area contributed by atoms with Crippen LogP contribution in [0.4, 0.5) is 0 Å². The molecule has 0 atom stereocenters. The quantitative estimate of drug-likeness (QED) is 0.824. The summed E-state index contributed by atoms with van der Waals surface area (Å²) in [5.74, 6) is 0. The predicted octanol–water partition coefficient (Wildman–Crippen LogP) is 1.18. The SMILES string of the molecule is [CH3][Sn]([CH3])([CH3])[c]1csc(CO)n1. The van der Waals surface area contributed by atoms with Crippen LogP contribution < -0.4 is 3.71 Å². The van der Waals surface area contributed by atoms with Crippen LogP contribution >= 0.6 is 11.3 Å². The van der Waals surface area contributed by atoms with Crippen molar-refractivity contribution in [1.82, 2.24) is 4.98 Å². The Labute approximate surface area is 75.2 Å². The number of hydrogen-bond acceptors (Lipinski definition) is 3.